The number of hydrogen-bond acceptors (Lipinski definition) is 3. The lowest BCUT2D eigenvalue weighted by Crippen LogP contribution is -2.06. The molecule has 2 aromatic rings. The van der Waals surface area contributed by atoms with E-state index >= 15 is 0 Å². The molecule has 0 fully saturated rings. The van der Waals surface area contributed by atoms with Crippen LogP contribution < -0.4 is 4.18 Å². The fourth-order valence-corrected chi connectivity index (χ4v) is 1.52. The molecule has 0 bridgehead atoms. The molecular formula is C8H7NO4S. The lowest BCUT2D eigenvalue weighted by molar-refractivity contribution is 0.382. The molecule has 14 heavy (non-hydrogen) atoms. The van der Waals surface area contributed by atoms with E-state index in [0.717, 1.165) is 10.9 Å². The molecule has 0 atom stereocenters. The van der Waals surface area contributed by atoms with Gasteiger partial charge in [-0.25, -0.2) is 0 Å². The van der Waals surface area contributed by atoms with Crippen molar-refractivity contribution < 1.29 is 17.2 Å². The van der Waals surface area contributed by atoms with Gasteiger partial charge in [0.05, 0.1) is 0 Å². The minimum atomic E-state index is -4.46. The van der Waals surface area contributed by atoms with Crippen molar-refractivity contribution in [3.8, 4) is 5.88 Å². The molecule has 2 rings (SSSR count). The number of aromatic nitrogens is 1. The van der Waals surface area contributed by atoms with Gasteiger partial charge in [-0.3, -0.25) is 4.55 Å². The number of H-pyrrole nitrogens is 1. The summed E-state index contributed by atoms with van der Waals surface area (Å²) in [4.78, 5) is 2.69. The number of para-hydroxylation sites is 1. The number of nitrogens with one attached hydrogen (secondary N) is 1. The molecule has 74 valence electrons. The highest BCUT2D eigenvalue weighted by Gasteiger charge is 2.08. The third-order valence-electron chi connectivity index (χ3n) is 1.70. The van der Waals surface area contributed by atoms with Crippen LogP contribution in [0.25, 0.3) is 10.9 Å². The van der Waals surface area contributed by atoms with Crippen LogP contribution in [0.1, 0.15) is 0 Å². The molecule has 0 saturated heterocycles. The van der Waals surface area contributed by atoms with Crippen LogP contribution in [0.4, 0.5) is 0 Å². The van der Waals surface area contributed by atoms with Crippen LogP contribution in [0.5, 0.6) is 5.88 Å². The molecule has 1 aromatic carbocycles. The van der Waals surface area contributed by atoms with Crippen LogP contribution in [0.2, 0.25) is 0 Å². The lowest BCUT2D eigenvalue weighted by Gasteiger charge is -1.94. The Bertz CT molecular complexity index is 524. The van der Waals surface area contributed by atoms with Crippen molar-refractivity contribution in [1.82, 2.24) is 4.98 Å². The molecule has 6 heteroatoms. The minimum Gasteiger partial charge on any atom is -0.343 e. The number of rotatable bonds is 2. The molecule has 0 saturated carbocycles. The second kappa shape index (κ2) is 3.00. The predicted octanol–water partition coefficient (Wildman–Crippen LogP) is 1.35. The summed E-state index contributed by atoms with van der Waals surface area (Å²) < 4.78 is 33.5. The number of hydrogen-bond donors (Lipinski definition) is 2. The quantitative estimate of drug-likeness (QED) is 0.738. The zero-order chi connectivity index (χ0) is 10.2. The maximum atomic E-state index is 10.4. The molecule has 5 nitrogen and oxygen atoms in total. The molecule has 0 unspecified atom stereocenters. The van der Waals surface area contributed by atoms with Gasteiger partial charge in [0, 0.05) is 17.0 Å². The highest BCUT2D eigenvalue weighted by Crippen LogP contribution is 2.20. The molecule has 0 amide bonds. The molecular weight excluding hydrogens is 206 g/mol. The summed E-state index contributed by atoms with van der Waals surface area (Å²) >= 11 is 0. The third-order valence-corrected chi connectivity index (χ3v) is 2.09. The summed E-state index contributed by atoms with van der Waals surface area (Å²) in [6.07, 6.45) is 0. The average Bonchev–Trinajstić information content (AvgIpc) is 2.42. The Morgan fingerprint density at radius 1 is 1.29 bits per heavy atom. The van der Waals surface area contributed by atoms with Gasteiger partial charge in [0.1, 0.15) is 0 Å². The van der Waals surface area contributed by atoms with Gasteiger partial charge in [0.2, 0.25) is 5.88 Å². The molecule has 0 aliphatic carbocycles. The summed E-state index contributed by atoms with van der Waals surface area (Å²) in [7, 11) is -4.46. The Balaban J connectivity index is 2.46. The molecule has 2 N–H and O–H groups in total. The molecule has 1 aromatic heterocycles. The van der Waals surface area contributed by atoms with Crippen LogP contribution >= 0.6 is 0 Å². The van der Waals surface area contributed by atoms with E-state index in [1.165, 1.54) is 6.07 Å². The van der Waals surface area contributed by atoms with Gasteiger partial charge in [0.15, 0.2) is 0 Å². The summed E-state index contributed by atoms with van der Waals surface area (Å²) in [5.41, 5.74) is 0.742. The predicted molar refractivity (Wildman–Crippen MR) is 50.5 cm³/mol. The lowest BCUT2D eigenvalue weighted by atomic mass is 10.3. The van der Waals surface area contributed by atoms with E-state index in [2.05, 4.69) is 9.17 Å². The topological polar surface area (TPSA) is 79.4 Å². The fourth-order valence-electron chi connectivity index (χ4n) is 1.21. The Labute approximate surface area is 80.3 Å². The molecule has 0 radical (unpaired) electrons. The van der Waals surface area contributed by atoms with Crippen molar-refractivity contribution in [3.63, 3.8) is 0 Å². The van der Waals surface area contributed by atoms with Gasteiger partial charge in [-0.05, 0) is 6.07 Å². The molecule has 0 aliphatic rings. The van der Waals surface area contributed by atoms with E-state index in [-0.39, 0.29) is 5.88 Å². The Morgan fingerprint density at radius 3 is 2.64 bits per heavy atom. The summed E-state index contributed by atoms with van der Waals surface area (Å²) in [6, 6.07) is 8.67. The number of fused-ring (bicyclic) bond motifs is 1. The fraction of sp³-hybridized carbons (Fsp3) is 0. The van der Waals surface area contributed by atoms with Gasteiger partial charge >= 0.3 is 10.4 Å². The molecule has 0 spiro atoms. The number of aromatic amines is 1. The van der Waals surface area contributed by atoms with Gasteiger partial charge in [-0.15, -0.1) is 0 Å². The van der Waals surface area contributed by atoms with Gasteiger partial charge in [0.25, 0.3) is 0 Å². The number of benzene rings is 1. The molecule has 0 aliphatic heterocycles. The van der Waals surface area contributed by atoms with Crippen molar-refractivity contribution in [2.24, 2.45) is 0 Å². The van der Waals surface area contributed by atoms with E-state index in [1.54, 1.807) is 18.2 Å². The highest BCUT2D eigenvalue weighted by atomic mass is 32.3. The summed E-state index contributed by atoms with van der Waals surface area (Å²) in [5, 5.41) is 0.811. The monoisotopic (exact) mass is 213 g/mol. The standard InChI is InChI=1S/C8H7NO4S/c10-14(11,12)13-8-5-6-3-1-2-4-7(6)9-8/h1-5,9H,(H,10,11,12). The maximum Gasteiger partial charge on any atom is 0.447 e. The van der Waals surface area contributed by atoms with Gasteiger partial charge in [-0.1, -0.05) is 18.2 Å². The Kier molecular flexibility index (Phi) is 1.94. The first-order chi connectivity index (χ1) is 6.54. The average molecular weight is 213 g/mol. The van der Waals surface area contributed by atoms with E-state index in [9.17, 15) is 8.42 Å². The van der Waals surface area contributed by atoms with Crippen molar-refractivity contribution in [2.45, 2.75) is 0 Å². The molecule has 1 heterocycles. The Hall–Kier alpha value is -1.53. The van der Waals surface area contributed by atoms with Crippen molar-refractivity contribution in [3.05, 3.63) is 30.3 Å². The summed E-state index contributed by atoms with van der Waals surface area (Å²) in [6.45, 7) is 0. The maximum absolute atomic E-state index is 10.4. The zero-order valence-corrected chi connectivity index (χ0v) is 7.78. The van der Waals surface area contributed by atoms with Gasteiger partial charge in [-0.2, -0.15) is 8.42 Å². The van der Waals surface area contributed by atoms with Crippen LogP contribution in [-0.2, 0) is 10.4 Å². The van der Waals surface area contributed by atoms with E-state index in [1.807, 2.05) is 6.07 Å². The normalized spacial score (nSPS) is 11.8. The largest absolute Gasteiger partial charge is 0.447 e. The van der Waals surface area contributed by atoms with Crippen LogP contribution in [0, 0.1) is 0 Å². The van der Waals surface area contributed by atoms with Crippen molar-refractivity contribution in [2.75, 3.05) is 0 Å². The van der Waals surface area contributed by atoms with Gasteiger partial charge < -0.3 is 9.17 Å². The van der Waals surface area contributed by atoms with Crippen LogP contribution in [-0.4, -0.2) is 18.0 Å². The van der Waals surface area contributed by atoms with E-state index in [0.29, 0.717) is 0 Å². The van der Waals surface area contributed by atoms with Crippen LogP contribution in [0.3, 0.4) is 0 Å². The first kappa shape index (κ1) is 9.04. The highest BCUT2D eigenvalue weighted by molar-refractivity contribution is 7.81. The summed E-state index contributed by atoms with van der Waals surface area (Å²) in [5.74, 6) is -0.00583. The SMILES string of the molecule is O=S(=O)(O)Oc1cc2ccccc2[nH]1. The van der Waals surface area contributed by atoms with Crippen molar-refractivity contribution >= 4 is 21.3 Å². The van der Waals surface area contributed by atoms with E-state index in [4.69, 9.17) is 4.55 Å². The second-order valence-corrected chi connectivity index (χ2v) is 3.75. The first-order valence-corrected chi connectivity index (χ1v) is 5.16. The van der Waals surface area contributed by atoms with Crippen LogP contribution in [0.15, 0.2) is 30.3 Å². The zero-order valence-electron chi connectivity index (χ0n) is 6.97. The second-order valence-electron chi connectivity index (χ2n) is 2.73. The Morgan fingerprint density at radius 2 is 2.00 bits per heavy atom. The van der Waals surface area contributed by atoms with E-state index < -0.39 is 10.4 Å². The smallest absolute Gasteiger partial charge is 0.343 e. The first-order valence-electron chi connectivity index (χ1n) is 3.79. The minimum absolute atomic E-state index is 0.00583. The van der Waals surface area contributed by atoms with Crippen molar-refractivity contribution in [1.29, 1.82) is 0 Å². The third kappa shape index (κ3) is 1.86.